The fourth-order valence-electron chi connectivity index (χ4n) is 2.16. The van der Waals surface area contributed by atoms with Gasteiger partial charge in [0.1, 0.15) is 5.65 Å². The molecule has 0 unspecified atom stereocenters. The molecule has 0 radical (unpaired) electrons. The first-order chi connectivity index (χ1) is 11.1. The fraction of sp³-hybridized carbons (Fsp3) is 0. The van der Waals surface area contributed by atoms with Gasteiger partial charge < -0.3 is 19.6 Å². The topological polar surface area (TPSA) is 86.5 Å². The van der Waals surface area contributed by atoms with E-state index in [4.69, 9.17) is 0 Å². The number of aromatic nitrogens is 2. The summed E-state index contributed by atoms with van der Waals surface area (Å²) in [5, 5.41) is 12.9. The summed E-state index contributed by atoms with van der Waals surface area (Å²) in [6, 6.07) is 12.9. The number of carboxylic acid groups (broad SMARTS) is 1. The Hall–Kier alpha value is -3.41. The summed E-state index contributed by atoms with van der Waals surface area (Å²) in [6.07, 6.45) is 5.39. The second-order valence-corrected chi connectivity index (χ2v) is 4.81. The third kappa shape index (κ3) is 3.44. The number of hydrogen-bond acceptors (Lipinski definition) is 4. The van der Waals surface area contributed by atoms with Crippen LogP contribution in [0.2, 0.25) is 0 Å². The van der Waals surface area contributed by atoms with Gasteiger partial charge in [-0.05, 0) is 30.3 Å². The van der Waals surface area contributed by atoms with E-state index in [1.54, 1.807) is 18.2 Å². The zero-order valence-corrected chi connectivity index (χ0v) is 12.0. The maximum Gasteiger partial charge on any atom is 0.248 e. The van der Waals surface area contributed by atoms with Crippen LogP contribution in [0, 0.1) is 0 Å². The molecule has 114 valence electrons. The highest BCUT2D eigenvalue weighted by atomic mass is 16.4. The van der Waals surface area contributed by atoms with Crippen LogP contribution in [0.1, 0.15) is 0 Å². The van der Waals surface area contributed by atoms with Crippen molar-refractivity contribution in [2.24, 2.45) is 0 Å². The molecule has 6 heteroatoms. The number of amides is 1. The number of fused-ring (bicyclic) bond motifs is 1. The van der Waals surface area contributed by atoms with Gasteiger partial charge in [-0.1, -0.05) is 18.2 Å². The average Bonchev–Trinajstić information content (AvgIpc) is 2.97. The lowest BCUT2D eigenvalue weighted by Crippen LogP contribution is -2.20. The number of nitrogens with one attached hydrogen (secondary N) is 1. The summed E-state index contributed by atoms with van der Waals surface area (Å²) in [6.45, 7) is 0. The van der Waals surface area contributed by atoms with E-state index in [-0.39, 0.29) is 0 Å². The van der Waals surface area contributed by atoms with Crippen LogP contribution in [-0.4, -0.2) is 21.3 Å². The number of anilines is 1. The van der Waals surface area contributed by atoms with Crippen LogP contribution in [0.5, 0.6) is 0 Å². The minimum atomic E-state index is -1.42. The van der Waals surface area contributed by atoms with E-state index in [0.29, 0.717) is 11.8 Å². The minimum absolute atomic E-state index is 0.540. The van der Waals surface area contributed by atoms with E-state index < -0.39 is 11.9 Å². The van der Waals surface area contributed by atoms with Crippen molar-refractivity contribution in [2.45, 2.75) is 0 Å². The van der Waals surface area contributed by atoms with Crippen molar-refractivity contribution in [1.82, 2.24) is 9.38 Å². The lowest BCUT2D eigenvalue weighted by atomic mass is 10.1. The number of aliphatic carboxylic acids is 1. The molecule has 0 fully saturated rings. The Balaban J connectivity index is 1.84. The van der Waals surface area contributed by atoms with Crippen molar-refractivity contribution in [2.75, 3.05) is 5.32 Å². The summed E-state index contributed by atoms with van der Waals surface area (Å²) in [5.41, 5.74) is 2.99. The molecule has 2 aromatic heterocycles. The van der Waals surface area contributed by atoms with Gasteiger partial charge in [-0.25, -0.2) is 4.98 Å². The quantitative estimate of drug-likeness (QED) is 0.735. The Morgan fingerprint density at radius 2 is 2.00 bits per heavy atom. The summed E-state index contributed by atoms with van der Waals surface area (Å²) in [5.74, 6) is -1.96. The molecule has 1 N–H and O–H groups in total. The van der Waals surface area contributed by atoms with Crippen molar-refractivity contribution >= 4 is 23.2 Å². The number of nitrogens with zero attached hydrogens (tertiary/aromatic N) is 2. The van der Waals surface area contributed by atoms with Gasteiger partial charge in [0.05, 0.1) is 11.7 Å². The molecule has 6 nitrogen and oxygen atoms in total. The van der Waals surface area contributed by atoms with Gasteiger partial charge in [0.15, 0.2) is 0 Å². The number of benzene rings is 1. The van der Waals surface area contributed by atoms with Crippen LogP contribution >= 0.6 is 0 Å². The van der Waals surface area contributed by atoms with Crippen molar-refractivity contribution in [1.29, 1.82) is 0 Å². The molecule has 1 amide bonds. The van der Waals surface area contributed by atoms with Gasteiger partial charge in [0.2, 0.25) is 5.91 Å². The van der Waals surface area contributed by atoms with Crippen LogP contribution in [0.25, 0.3) is 16.9 Å². The smallest absolute Gasteiger partial charge is 0.248 e. The number of carboxylic acids is 1. The number of imidazole rings is 1. The van der Waals surface area contributed by atoms with Gasteiger partial charge in [-0.15, -0.1) is 0 Å². The van der Waals surface area contributed by atoms with Crippen molar-refractivity contribution in [3.05, 3.63) is 67.0 Å². The maximum absolute atomic E-state index is 11.6. The highest BCUT2D eigenvalue weighted by Crippen LogP contribution is 2.22. The second-order valence-electron chi connectivity index (χ2n) is 4.81. The molecule has 23 heavy (non-hydrogen) atoms. The molecule has 0 saturated heterocycles. The van der Waals surface area contributed by atoms with Crippen LogP contribution in [0.15, 0.2) is 67.0 Å². The van der Waals surface area contributed by atoms with E-state index in [1.807, 2.05) is 41.1 Å². The molecule has 0 aliphatic carbocycles. The normalized spacial score (nSPS) is 11.0. The third-order valence-electron chi connectivity index (χ3n) is 3.16. The van der Waals surface area contributed by atoms with E-state index >= 15 is 0 Å². The lowest BCUT2D eigenvalue weighted by molar-refractivity contribution is -0.297. The standard InChI is InChI=1S/C17H13N3O3/c21-16(7-8-17(22)23)18-13-5-3-4-12(10-13)14-11-20-9-2-1-6-15(20)19-14/h1-11H,(H,18,21)(H,22,23)/p-1. The van der Waals surface area contributed by atoms with E-state index in [9.17, 15) is 14.7 Å². The second kappa shape index (κ2) is 6.15. The number of pyridine rings is 1. The zero-order chi connectivity index (χ0) is 16.2. The molecule has 3 rings (SSSR count). The van der Waals surface area contributed by atoms with Crippen molar-refractivity contribution in [3.63, 3.8) is 0 Å². The molecule has 3 aromatic rings. The SMILES string of the molecule is O=C([O-])C=CC(=O)Nc1cccc(-c2cn3ccccc3n2)c1. The maximum atomic E-state index is 11.6. The Kier molecular flexibility index (Phi) is 3.88. The number of rotatable bonds is 4. The van der Waals surface area contributed by atoms with Crippen LogP contribution in [0.4, 0.5) is 5.69 Å². The van der Waals surface area contributed by atoms with Gasteiger partial charge in [-0.2, -0.15) is 0 Å². The number of carbonyl (C=O) groups is 2. The highest BCUT2D eigenvalue weighted by Gasteiger charge is 2.05. The predicted octanol–water partition coefficient (Wildman–Crippen LogP) is 1.25. The average molecular weight is 306 g/mol. The first kappa shape index (κ1) is 14.5. The monoisotopic (exact) mass is 306 g/mol. The predicted molar refractivity (Wildman–Crippen MR) is 83.4 cm³/mol. The summed E-state index contributed by atoms with van der Waals surface area (Å²) in [7, 11) is 0. The molecule has 0 aliphatic heterocycles. The van der Waals surface area contributed by atoms with Gasteiger partial charge >= 0.3 is 0 Å². The highest BCUT2D eigenvalue weighted by molar-refractivity contribution is 6.02. The molecular formula is C17H12N3O3-. The molecule has 2 heterocycles. The molecular weight excluding hydrogens is 294 g/mol. The molecule has 0 spiro atoms. The minimum Gasteiger partial charge on any atom is -0.545 e. The number of carbonyl (C=O) groups excluding carboxylic acids is 2. The van der Waals surface area contributed by atoms with Crippen LogP contribution < -0.4 is 10.4 Å². The third-order valence-corrected chi connectivity index (χ3v) is 3.16. The Morgan fingerprint density at radius 1 is 1.13 bits per heavy atom. The Bertz CT molecular complexity index is 879. The summed E-state index contributed by atoms with van der Waals surface area (Å²) >= 11 is 0. The summed E-state index contributed by atoms with van der Waals surface area (Å²) in [4.78, 5) is 26.4. The van der Waals surface area contributed by atoms with Gasteiger partial charge in [-0.3, -0.25) is 4.79 Å². The van der Waals surface area contributed by atoms with Gasteiger partial charge in [0, 0.05) is 29.7 Å². The van der Waals surface area contributed by atoms with E-state index in [0.717, 1.165) is 23.0 Å². The molecule has 0 bridgehead atoms. The fourth-order valence-corrected chi connectivity index (χ4v) is 2.16. The molecule has 1 aromatic carbocycles. The Labute approximate surface area is 131 Å². The largest absolute Gasteiger partial charge is 0.545 e. The lowest BCUT2D eigenvalue weighted by Gasteiger charge is -2.04. The van der Waals surface area contributed by atoms with Gasteiger partial charge in [0.25, 0.3) is 0 Å². The summed E-state index contributed by atoms with van der Waals surface area (Å²) < 4.78 is 1.91. The number of hydrogen-bond donors (Lipinski definition) is 1. The first-order valence-electron chi connectivity index (χ1n) is 6.86. The van der Waals surface area contributed by atoms with E-state index in [1.165, 1.54) is 0 Å². The first-order valence-corrected chi connectivity index (χ1v) is 6.86. The zero-order valence-electron chi connectivity index (χ0n) is 12.0. The van der Waals surface area contributed by atoms with Crippen LogP contribution in [-0.2, 0) is 9.59 Å². The van der Waals surface area contributed by atoms with Crippen LogP contribution in [0.3, 0.4) is 0 Å². The Morgan fingerprint density at radius 3 is 2.78 bits per heavy atom. The molecule has 0 atom stereocenters. The molecule has 0 saturated carbocycles. The van der Waals surface area contributed by atoms with Crippen molar-refractivity contribution < 1.29 is 14.7 Å². The van der Waals surface area contributed by atoms with Crippen molar-refractivity contribution in [3.8, 4) is 11.3 Å². The molecule has 0 aliphatic rings. The van der Waals surface area contributed by atoms with E-state index in [2.05, 4.69) is 10.3 Å².